The van der Waals surface area contributed by atoms with Crippen LogP contribution in [0.25, 0.3) is 10.9 Å². The van der Waals surface area contributed by atoms with Crippen molar-refractivity contribution >= 4 is 16.8 Å². The number of hydrogen-bond acceptors (Lipinski definition) is 3. The van der Waals surface area contributed by atoms with Gasteiger partial charge in [-0.1, -0.05) is 24.3 Å². The van der Waals surface area contributed by atoms with Crippen LogP contribution >= 0.6 is 0 Å². The average molecular weight is 374 g/mol. The molecular weight excluding hydrogens is 354 g/mol. The van der Waals surface area contributed by atoms with Gasteiger partial charge in [0, 0.05) is 31.2 Å². The molecule has 27 heavy (non-hydrogen) atoms. The van der Waals surface area contributed by atoms with Crippen LogP contribution in [0.4, 0.5) is 8.78 Å². The maximum absolute atomic E-state index is 12.4. The second-order valence-corrected chi connectivity index (χ2v) is 5.96. The van der Waals surface area contributed by atoms with Crippen molar-refractivity contribution in [1.29, 1.82) is 0 Å². The summed E-state index contributed by atoms with van der Waals surface area (Å²) in [5, 5.41) is 3.96. The number of alkyl halides is 2. The zero-order valence-electron chi connectivity index (χ0n) is 14.8. The summed E-state index contributed by atoms with van der Waals surface area (Å²) in [5.41, 5.74) is 1.82. The summed E-state index contributed by atoms with van der Waals surface area (Å²) in [6.07, 6.45) is 2.30. The van der Waals surface area contributed by atoms with Gasteiger partial charge in [-0.15, -0.1) is 0 Å². The normalized spacial score (nSPS) is 11.0. The monoisotopic (exact) mass is 374 g/mol. The Morgan fingerprint density at radius 3 is 2.74 bits per heavy atom. The number of halogens is 2. The Morgan fingerprint density at radius 1 is 1.15 bits per heavy atom. The van der Waals surface area contributed by atoms with Crippen molar-refractivity contribution in [3.05, 3.63) is 60.3 Å². The minimum atomic E-state index is -2.92. The van der Waals surface area contributed by atoms with E-state index in [-0.39, 0.29) is 24.0 Å². The van der Waals surface area contributed by atoms with Crippen LogP contribution in [0.2, 0.25) is 0 Å². The van der Waals surface area contributed by atoms with Gasteiger partial charge in [0.05, 0.1) is 7.11 Å². The maximum Gasteiger partial charge on any atom is 0.387 e. The van der Waals surface area contributed by atoms with Crippen molar-refractivity contribution < 1.29 is 23.0 Å². The van der Waals surface area contributed by atoms with Crippen molar-refractivity contribution in [3.8, 4) is 11.5 Å². The largest absolute Gasteiger partial charge is 0.493 e. The van der Waals surface area contributed by atoms with Crippen LogP contribution in [0, 0.1) is 0 Å². The van der Waals surface area contributed by atoms with Crippen LogP contribution in [0.15, 0.2) is 54.7 Å². The highest BCUT2D eigenvalue weighted by Gasteiger charge is 2.11. The lowest BCUT2D eigenvalue weighted by Crippen LogP contribution is -2.23. The van der Waals surface area contributed by atoms with E-state index in [4.69, 9.17) is 4.74 Å². The molecule has 0 aliphatic rings. The van der Waals surface area contributed by atoms with Gasteiger partial charge in [-0.3, -0.25) is 4.79 Å². The van der Waals surface area contributed by atoms with Crippen LogP contribution < -0.4 is 14.8 Å². The van der Waals surface area contributed by atoms with E-state index in [2.05, 4.69) is 10.1 Å². The topological polar surface area (TPSA) is 52.5 Å². The summed E-state index contributed by atoms with van der Waals surface area (Å²) in [6.45, 7) is -2.07. The molecule has 0 atom stereocenters. The fraction of sp³-hybridized carbons (Fsp3) is 0.250. The molecule has 0 unspecified atom stereocenters. The second-order valence-electron chi connectivity index (χ2n) is 5.96. The highest BCUT2D eigenvalue weighted by atomic mass is 19.3. The molecule has 7 heteroatoms. The van der Waals surface area contributed by atoms with Gasteiger partial charge in [0.15, 0.2) is 11.5 Å². The summed E-state index contributed by atoms with van der Waals surface area (Å²) in [4.78, 5) is 12.1. The van der Waals surface area contributed by atoms with E-state index in [1.165, 1.54) is 13.2 Å². The molecule has 5 nitrogen and oxygen atoms in total. The van der Waals surface area contributed by atoms with Gasteiger partial charge in [-0.2, -0.15) is 8.78 Å². The fourth-order valence-electron chi connectivity index (χ4n) is 2.86. The number of carbonyl (C=O) groups excluding carboxylic acids is 1. The highest BCUT2D eigenvalue weighted by molar-refractivity contribution is 5.80. The summed E-state index contributed by atoms with van der Waals surface area (Å²) in [7, 11) is 1.37. The first-order chi connectivity index (χ1) is 13.1. The number of aryl methyl sites for hydroxylation is 1. The number of benzene rings is 2. The minimum absolute atomic E-state index is 0.0398. The number of aromatic nitrogens is 1. The Kier molecular flexibility index (Phi) is 5.90. The molecule has 3 rings (SSSR count). The molecule has 1 N–H and O–H groups in total. The first-order valence-electron chi connectivity index (χ1n) is 8.49. The van der Waals surface area contributed by atoms with Gasteiger partial charge in [0.2, 0.25) is 5.91 Å². The van der Waals surface area contributed by atoms with Gasteiger partial charge >= 0.3 is 6.61 Å². The molecule has 2 aromatic carbocycles. The zero-order valence-corrected chi connectivity index (χ0v) is 14.8. The van der Waals surface area contributed by atoms with Crippen molar-refractivity contribution in [2.45, 2.75) is 26.1 Å². The van der Waals surface area contributed by atoms with E-state index in [0.717, 1.165) is 16.5 Å². The Morgan fingerprint density at radius 2 is 1.96 bits per heavy atom. The van der Waals surface area contributed by atoms with E-state index in [9.17, 15) is 13.6 Å². The number of para-hydroxylation sites is 1. The number of fused-ring (bicyclic) bond motifs is 1. The third-order valence-corrected chi connectivity index (χ3v) is 4.19. The number of ether oxygens (including phenoxy) is 2. The molecular formula is C20H20F2N2O3. The number of rotatable bonds is 8. The van der Waals surface area contributed by atoms with Crippen LogP contribution in [0.1, 0.15) is 12.0 Å². The third-order valence-electron chi connectivity index (χ3n) is 4.19. The molecule has 0 spiro atoms. The molecule has 3 aromatic rings. The first-order valence-corrected chi connectivity index (χ1v) is 8.49. The van der Waals surface area contributed by atoms with Crippen LogP contribution in [0.3, 0.4) is 0 Å². The van der Waals surface area contributed by atoms with Crippen LogP contribution in [-0.4, -0.2) is 24.2 Å². The Balaban J connectivity index is 1.54. The van der Waals surface area contributed by atoms with E-state index in [1.807, 2.05) is 41.1 Å². The van der Waals surface area contributed by atoms with E-state index < -0.39 is 6.61 Å². The standard InChI is InChI=1S/C20H20F2N2O3/c1-26-18-12-14(6-7-17(18)27-20(21)22)13-23-19(25)9-11-24-10-8-15-4-2-3-5-16(15)24/h2-8,10,12,20H,9,11,13H2,1H3,(H,23,25). The lowest BCUT2D eigenvalue weighted by atomic mass is 10.2. The predicted octanol–water partition coefficient (Wildman–Crippen LogP) is 3.96. The number of nitrogens with one attached hydrogen (secondary N) is 1. The summed E-state index contributed by atoms with van der Waals surface area (Å²) in [6, 6.07) is 14.6. The Hall–Kier alpha value is -3.09. The SMILES string of the molecule is COc1cc(CNC(=O)CCn2ccc3ccccc32)ccc1OC(F)F. The number of nitrogens with zero attached hydrogens (tertiary/aromatic N) is 1. The summed E-state index contributed by atoms with van der Waals surface area (Å²) in [5.74, 6) is 0.0579. The van der Waals surface area contributed by atoms with Crippen molar-refractivity contribution in [2.24, 2.45) is 0 Å². The molecule has 142 valence electrons. The van der Waals surface area contributed by atoms with Crippen molar-refractivity contribution in [3.63, 3.8) is 0 Å². The highest BCUT2D eigenvalue weighted by Crippen LogP contribution is 2.29. The molecule has 0 saturated carbocycles. The van der Waals surface area contributed by atoms with E-state index in [1.54, 1.807) is 12.1 Å². The zero-order chi connectivity index (χ0) is 19.2. The Bertz CT molecular complexity index is 924. The van der Waals surface area contributed by atoms with Gasteiger partial charge in [0.1, 0.15) is 0 Å². The van der Waals surface area contributed by atoms with Crippen LogP contribution in [0.5, 0.6) is 11.5 Å². The maximum atomic E-state index is 12.4. The minimum Gasteiger partial charge on any atom is -0.493 e. The molecule has 0 aliphatic heterocycles. The lowest BCUT2D eigenvalue weighted by molar-refractivity contribution is -0.121. The van der Waals surface area contributed by atoms with Crippen molar-refractivity contribution in [1.82, 2.24) is 9.88 Å². The molecule has 0 saturated heterocycles. The number of hydrogen-bond donors (Lipinski definition) is 1. The van der Waals surface area contributed by atoms with Gasteiger partial charge in [-0.05, 0) is 35.2 Å². The molecule has 0 radical (unpaired) electrons. The van der Waals surface area contributed by atoms with Gasteiger partial charge < -0.3 is 19.4 Å². The molecule has 1 amide bonds. The van der Waals surface area contributed by atoms with Crippen molar-refractivity contribution in [2.75, 3.05) is 7.11 Å². The van der Waals surface area contributed by atoms with Gasteiger partial charge in [-0.25, -0.2) is 0 Å². The second kappa shape index (κ2) is 8.53. The summed E-state index contributed by atoms with van der Waals surface area (Å²) < 4.78 is 36.2. The summed E-state index contributed by atoms with van der Waals surface area (Å²) >= 11 is 0. The predicted molar refractivity (Wildman–Crippen MR) is 98.0 cm³/mol. The smallest absolute Gasteiger partial charge is 0.387 e. The number of methoxy groups -OCH3 is 1. The molecule has 1 aromatic heterocycles. The molecule has 0 bridgehead atoms. The van der Waals surface area contributed by atoms with E-state index in [0.29, 0.717) is 13.0 Å². The number of amides is 1. The first kappa shape index (κ1) is 18.7. The van der Waals surface area contributed by atoms with Crippen LogP contribution in [-0.2, 0) is 17.9 Å². The quantitative estimate of drug-likeness (QED) is 0.649. The van der Waals surface area contributed by atoms with E-state index >= 15 is 0 Å². The molecule has 1 heterocycles. The fourth-order valence-corrected chi connectivity index (χ4v) is 2.86. The molecule has 0 aliphatic carbocycles. The third kappa shape index (κ3) is 4.75. The lowest BCUT2D eigenvalue weighted by Gasteiger charge is -2.12. The average Bonchev–Trinajstić information content (AvgIpc) is 3.08. The molecule has 0 fully saturated rings. The van der Waals surface area contributed by atoms with Gasteiger partial charge in [0.25, 0.3) is 0 Å². The number of carbonyl (C=O) groups is 1. The Labute approximate surface area is 155 Å².